The van der Waals surface area contributed by atoms with Gasteiger partial charge in [-0.05, 0) is 82.6 Å². The van der Waals surface area contributed by atoms with Gasteiger partial charge in [-0.2, -0.15) is 11.8 Å². The number of amides is 18. The molecule has 3 aliphatic heterocycles. The number of thioether (sulfide) groups is 1. The average Bonchev–Trinajstić information content (AvgIpc) is 1.63. The number of hydrogen-bond acceptors (Lipinski definition) is 22. The fraction of sp³-hybridized carbons (Fsp3) is 0.600. The van der Waals surface area contributed by atoms with E-state index < -0.39 is 237 Å². The number of primary amides is 7. The summed E-state index contributed by atoms with van der Waals surface area (Å²) in [7, 11) is 0. The third-order valence-electron chi connectivity index (χ3n) is 17.0. The summed E-state index contributed by atoms with van der Waals surface area (Å²) in [6.07, 6.45) is 1.90. The van der Waals surface area contributed by atoms with Crippen molar-refractivity contribution in [3.63, 3.8) is 0 Å². The lowest BCUT2D eigenvalue weighted by molar-refractivity contribution is -0.148. The summed E-state index contributed by atoms with van der Waals surface area (Å²) < 4.78 is 0. The van der Waals surface area contributed by atoms with Crippen LogP contribution < -0.4 is 88.4 Å². The number of imidazole rings is 2. The zero-order valence-electron chi connectivity index (χ0n) is 56.1. The van der Waals surface area contributed by atoms with Gasteiger partial charge in [-0.25, -0.2) is 9.97 Å². The standard InChI is InChI=1S/C60H91N23O18S/c1-102-20-16-32(49(68)90)73-56(97)41-6-3-18-82(41)60(101)42-7-4-19-83(42)58(99)36(11-15-46(65)87)77-55(96)38(22-30-26-70-28-72-30)79-57(98)40-5-2-17-81(40)59(100)39(24-48(67)89)80-53(94)35(10-14-45(64)86)75-51(92)33(8-12-43(62)84)74-52(93)34(9-13-44(63)85)76-54(95)37(21-29-25-69-27-71-29)78-50(91)31(61)23-47(66)88/h25-28,31-42H,2-24,61H2,1H3,(H2,62,84)(H2,63,85)(H2,64,86)(H2,65,87)(H2,66,88)(H2,67,89)(H2,68,90)(H,69,71)(H,70,72)(H,73,97)(H,74,93)(H,75,92)(H,76,95)(H,77,96)(H,78,91)(H,79,98)(H,80,94)/t31-,32-,33-,34-,35-,36-,37-,38-,39-,40-,41-,42-/m0/s1. The minimum absolute atomic E-state index is 0.0220. The van der Waals surface area contributed by atoms with E-state index in [0.717, 1.165) is 4.90 Å². The number of carbonyl (C=O) groups is 18. The largest absolute Gasteiger partial charge is 0.370 e. The molecule has 41 nitrogen and oxygen atoms in total. The van der Waals surface area contributed by atoms with Gasteiger partial charge in [0, 0.05) is 81.9 Å². The molecule has 26 N–H and O–H groups in total. The maximum atomic E-state index is 14.7. The minimum Gasteiger partial charge on any atom is -0.370 e. The molecule has 5 rings (SSSR count). The molecule has 0 saturated carbocycles. The number of nitrogens with two attached hydrogens (primary N) is 8. The van der Waals surface area contributed by atoms with Crippen LogP contribution in [0.3, 0.4) is 0 Å². The molecule has 560 valence electrons. The van der Waals surface area contributed by atoms with Gasteiger partial charge < -0.3 is 113 Å². The van der Waals surface area contributed by atoms with E-state index >= 15 is 0 Å². The van der Waals surface area contributed by atoms with Gasteiger partial charge in [0.05, 0.1) is 31.5 Å². The van der Waals surface area contributed by atoms with Crippen LogP contribution >= 0.6 is 11.8 Å². The number of H-pyrrole nitrogens is 2. The Bertz CT molecular complexity index is 3400. The van der Waals surface area contributed by atoms with Crippen LogP contribution in [0.4, 0.5) is 0 Å². The molecule has 18 amide bonds. The van der Waals surface area contributed by atoms with Gasteiger partial charge in [0.15, 0.2) is 0 Å². The molecule has 0 aliphatic carbocycles. The maximum absolute atomic E-state index is 14.7. The Morgan fingerprint density at radius 1 is 0.431 bits per heavy atom. The number of carbonyl (C=O) groups excluding carboxylic acids is 18. The first-order valence-electron chi connectivity index (χ1n) is 32.8. The first-order valence-corrected chi connectivity index (χ1v) is 34.2. The van der Waals surface area contributed by atoms with Gasteiger partial charge in [0.2, 0.25) is 106 Å². The highest BCUT2D eigenvalue weighted by molar-refractivity contribution is 7.98. The highest BCUT2D eigenvalue weighted by atomic mass is 32.2. The topological polar surface area (TPSA) is 679 Å². The average molecular weight is 1450 g/mol. The highest BCUT2D eigenvalue weighted by Crippen LogP contribution is 2.27. The van der Waals surface area contributed by atoms with Gasteiger partial charge in [-0.15, -0.1) is 0 Å². The fourth-order valence-electron chi connectivity index (χ4n) is 11.8. The Kier molecular flexibility index (Phi) is 32.0. The highest BCUT2D eigenvalue weighted by Gasteiger charge is 2.46. The predicted molar refractivity (Wildman–Crippen MR) is 356 cm³/mol. The van der Waals surface area contributed by atoms with E-state index in [4.69, 9.17) is 45.9 Å². The molecule has 102 heavy (non-hydrogen) atoms. The van der Waals surface area contributed by atoms with Crippen LogP contribution in [0.5, 0.6) is 0 Å². The molecule has 3 fully saturated rings. The Morgan fingerprint density at radius 2 is 0.784 bits per heavy atom. The molecule has 0 spiro atoms. The van der Waals surface area contributed by atoms with Crippen molar-refractivity contribution in [2.75, 3.05) is 31.6 Å². The smallest absolute Gasteiger partial charge is 0.246 e. The minimum atomic E-state index is -1.92. The summed E-state index contributed by atoms with van der Waals surface area (Å²) in [5, 5.41) is 19.6. The van der Waals surface area contributed by atoms with Gasteiger partial charge in [0.25, 0.3) is 0 Å². The fourth-order valence-corrected chi connectivity index (χ4v) is 12.2. The molecule has 0 aromatic carbocycles. The van der Waals surface area contributed by atoms with E-state index in [2.05, 4.69) is 62.5 Å². The quantitative estimate of drug-likeness (QED) is 0.0293. The summed E-state index contributed by atoms with van der Waals surface area (Å²) in [4.78, 5) is 258. The van der Waals surface area contributed by atoms with Gasteiger partial charge in [-0.1, -0.05) is 0 Å². The van der Waals surface area contributed by atoms with Crippen LogP contribution in [0, 0.1) is 0 Å². The second-order valence-electron chi connectivity index (χ2n) is 24.8. The summed E-state index contributed by atoms with van der Waals surface area (Å²) in [5.41, 5.74) is 44.5. The van der Waals surface area contributed by atoms with E-state index in [1.54, 1.807) is 0 Å². The van der Waals surface area contributed by atoms with Crippen LogP contribution in [0.2, 0.25) is 0 Å². The molecule has 42 heteroatoms. The number of likely N-dealkylation sites (tertiary alicyclic amines) is 3. The first-order chi connectivity index (χ1) is 48.3. The molecular formula is C60H91N23O18S. The van der Waals surface area contributed by atoms with Crippen LogP contribution in [-0.4, -0.2) is 245 Å². The van der Waals surface area contributed by atoms with E-state index in [0.29, 0.717) is 18.6 Å². The third kappa shape index (κ3) is 25.4. The monoisotopic (exact) mass is 1450 g/mol. The molecule has 2 aromatic rings. The van der Waals surface area contributed by atoms with Crippen molar-refractivity contribution in [2.24, 2.45) is 45.9 Å². The molecular weight excluding hydrogens is 1360 g/mol. The number of aromatic nitrogens is 4. The van der Waals surface area contributed by atoms with Crippen molar-refractivity contribution < 1.29 is 86.3 Å². The second kappa shape index (κ2) is 39.8. The van der Waals surface area contributed by atoms with E-state index in [-0.39, 0.29) is 82.4 Å². The maximum Gasteiger partial charge on any atom is 0.246 e. The molecule has 12 atom stereocenters. The van der Waals surface area contributed by atoms with Gasteiger partial charge in [-0.3, -0.25) is 86.3 Å². The molecule has 0 bridgehead atoms. The molecule has 0 unspecified atom stereocenters. The van der Waals surface area contributed by atoms with Crippen molar-refractivity contribution in [1.29, 1.82) is 0 Å². The third-order valence-corrected chi connectivity index (χ3v) is 17.6. The Morgan fingerprint density at radius 3 is 1.20 bits per heavy atom. The van der Waals surface area contributed by atoms with Crippen LogP contribution in [0.1, 0.15) is 121 Å². The van der Waals surface area contributed by atoms with Gasteiger partial charge >= 0.3 is 0 Å². The van der Waals surface area contributed by atoms with Crippen molar-refractivity contribution in [1.82, 2.24) is 77.2 Å². The number of hydrogen-bond donors (Lipinski definition) is 18. The molecule has 5 heterocycles. The lowest BCUT2D eigenvalue weighted by Crippen LogP contribution is -2.61. The van der Waals surface area contributed by atoms with Gasteiger partial charge in [0.1, 0.15) is 66.5 Å². The lowest BCUT2D eigenvalue weighted by Gasteiger charge is -2.33. The SMILES string of the molecule is CSCC[C@H](NC(=O)[C@@H]1CCCN1C(=O)[C@@H]1CCCN1C(=O)[C@H](CCC(N)=O)NC(=O)[C@H](Cc1cnc[nH]1)NC(=O)[C@@H]1CCCN1C(=O)[C@H](CC(N)=O)NC(=O)[C@H](CCC(N)=O)NC(=O)[C@H](CCC(N)=O)NC(=O)[C@H](CCC(N)=O)NC(=O)[C@H](Cc1cnc[nH]1)NC(=O)[C@@H](N)CC(N)=O)C(N)=O. The Hall–Kier alpha value is -10.8. The molecule has 0 radical (unpaired) electrons. The number of aromatic amines is 2. The van der Waals surface area contributed by atoms with E-state index in [1.165, 1.54) is 46.6 Å². The molecule has 3 aliphatic rings. The zero-order valence-corrected chi connectivity index (χ0v) is 56.9. The summed E-state index contributed by atoms with van der Waals surface area (Å²) in [6, 6.07) is -18.1. The second-order valence-corrected chi connectivity index (χ2v) is 25.8. The summed E-state index contributed by atoms with van der Waals surface area (Å²) in [5.74, 6) is -17.0. The van der Waals surface area contributed by atoms with Crippen molar-refractivity contribution >= 4 is 118 Å². The normalized spacial score (nSPS) is 18.2. The zero-order chi connectivity index (χ0) is 75.5. The van der Waals surface area contributed by atoms with Crippen molar-refractivity contribution in [3.8, 4) is 0 Å². The molecule has 2 aromatic heterocycles. The first kappa shape index (κ1) is 81.9. The van der Waals surface area contributed by atoms with E-state index in [9.17, 15) is 86.3 Å². The number of nitrogens with one attached hydrogen (secondary N) is 10. The predicted octanol–water partition coefficient (Wildman–Crippen LogP) is -9.85. The van der Waals surface area contributed by atoms with E-state index in [1.807, 2.05) is 6.26 Å². The van der Waals surface area contributed by atoms with Crippen LogP contribution in [0.25, 0.3) is 0 Å². The van der Waals surface area contributed by atoms with Crippen molar-refractivity contribution in [2.45, 2.75) is 194 Å². The van der Waals surface area contributed by atoms with Crippen molar-refractivity contribution in [3.05, 3.63) is 36.4 Å². The Labute approximate surface area is 587 Å². The van der Waals surface area contributed by atoms with Crippen LogP contribution in [0.15, 0.2) is 25.0 Å². The van der Waals surface area contributed by atoms with Crippen LogP contribution in [-0.2, 0) is 99.1 Å². The lowest BCUT2D eigenvalue weighted by atomic mass is 10.0. The summed E-state index contributed by atoms with van der Waals surface area (Å²) in [6.45, 7) is -0.0212. The Balaban J connectivity index is 1.35. The summed E-state index contributed by atoms with van der Waals surface area (Å²) >= 11 is 1.44. The number of nitrogens with zero attached hydrogens (tertiary/aromatic N) is 5. The number of rotatable bonds is 43. The molecule has 3 saturated heterocycles.